The van der Waals surface area contributed by atoms with Crippen molar-refractivity contribution in [1.29, 1.82) is 0 Å². The number of anilines is 1. The zero-order valence-electron chi connectivity index (χ0n) is 13.7. The Balaban J connectivity index is 2.67. The van der Waals surface area contributed by atoms with Gasteiger partial charge in [0, 0.05) is 19.6 Å². The van der Waals surface area contributed by atoms with Crippen LogP contribution in [0.2, 0.25) is 0 Å². The quantitative estimate of drug-likeness (QED) is 0.697. The molecule has 1 aromatic rings. The third-order valence-electron chi connectivity index (χ3n) is 3.58. The van der Waals surface area contributed by atoms with Gasteiger partial charge < -0.3 is 15.0 Å². The van der Waals surface area contributed by atoms with Crippen molar-refractivity contribution in [3.05, 3.63) is 23.8 Å². The predicted molar refractivity (Wildman–Crippen MR) is 87.7 cm³/mol. The van der Waals surface area contributed by atoms with Crippen LogP contribution in [0.1, 0.15) is 39.7 Å². The van der Waals surface area contributed by atoms with Crippen molar-refractivity contribution in [1.82, 2.24) is 5.32 Å². The van der Waals surface area contributed by atoms with E-state index >= 15 is 0 Å². The molecule has 0 aromatic heterocycles. The fourth-order valence-corrected chi connectivity index (χ4v) is 2.28. The summed E-state index contributed by atoms with van der Waals surface area (Å²) in [6.07, 6.45) is 1.22. The Morgan fingerprint density at radius 3 is 2.45 bits per heavy atom. The van der Waals surface area contributed by atoms with E-state index < -0.39 is 0 Å². The molecular weight excluding hydrogens is 248 g/mol. The average molecular weight is 278 g/mol. The molecule has 0 saturated heterocycles. The number of nitrogens with zero attached hydrogens (tertiary/aromatic N) is 1. The molecule has 1 N–H and O–H groups in total. The van der Waals surface area contributed by atoms with Crippen molar-refractivity contribution in [3.8, 4) is 5.75 Å². The molecule has 0 amide bonds. The minimum Gasteiger partial charge on any atom is -0.495 e. The average Bonchev–Trinajstić information content (AvgIpc) is 2.45. The second-order valence-corrected chi connectivity index (χ2v) is 5.54. The maximum atomic E-state index is 5.55. The summed E-state index contributed by atoms with van der Waals surface area (Å²) in [4.78, 5) is 2.31. The maximum Gasteiger partial charge on any atom is 0.142 e. The lowest BCUT2D eigenvalue weighted by Gasteiger charge is -2.23. The molecular formula is C17H30N2O. The fraction of sp³-hybridized carbons (Fsp3) is 0.647. The Kier molecular flexibility index (Phi) is 7.45. The molecule has 0 atom stereocenters. The monoisotopic (exact) mass is 278 g/mol. The zero-order chi connectivity index (χ0) is 15.0. The van der Waals surface area contributed by atoms with Gasteiger partial charge in [0.05, 0.1) is 12.8 Å². The van der Waals surface area contributed by atoms with E-state index in [-0.39, 0.29) is 0 Å². The van der Waals surface area contributed by atoms with Gasteiger partial charge >= 0.3 is 0 Å². The Morgan fingerprint density at radius 1 is 1.20 bits per heavy atom. The standard InChI is InChI=1S/C17H30N2O/c1-6-19(7-2)16-9-8-15(12-17(16)20-5)13-18-11-10-14(3)4/h8-9,12,14,18H,6-7,10-11,13H2,1-5H3. The molecule has 0 aliphatic rings. The van der Waals surface area contributed by atoms with E-state index in [0.29, 0.717) is 0 Å². The van der Waals surface area contributed by atoms with E-state index in [0.717, 1.165) is 37.8 Å². The fourth-order valence-electron chi connectivity index (χ4n) is 2.28. The van der Waals surface area contributed by atoms with Gasteiger partial charge in [-0.05, 0) is 50.4 Å². The Morgan fingerprint density at radius 2 is 1.90 bits per heavy atom. The van der Waals surface area contributed by atoms with Crippen molar-refractivity contribution in [2.45, 2.75) is 40.7 Å². The Bertz CT molecular complexity index is 387. The molecule has 0 aliphatic heterocycles. The number of methoxy groups -OCH3 is 1. The molecule has 0 spiro atoms. The summed E-state index contributed by atoms with van der Waals surface area (Å²) in [5.41, 5.74) is 2.46. The van der Waals surface area contributed by atoms with Crippen molar-refractivity contribution < 1.29 is 4.74 Å². The van der Waals surface area contributed by atoms with Gasteiger partial charge in [0.1, 0.15) is 5.75 Å². The normalized spacial score (nSPS) is 10.9. The van der Waals surface area contributed by atoms with Crippen LogP contribution in [0.25, 0.3) is 0 Å². The van der Waals surface area contributed by atoms with E-state index in [1.807, 2.05) is 0 Å². The molecule has 1 aromatic carbocycles. The molecule has 1 rings (SSSR count). The van der Waals surface area contributed by atoms with Crippen LogP contribution >= 0.6 is 0 Å². The van der Waals surface area contributed by atoms with Gasteiger partial charge in [0.2, 0.25) is 0 Å². The number of hydrogen-bond acceptors (Lipinski definition) is 3. The number of benzene rings is 1. The lowest BCUT2D eigenvalue weighted by Crippen LogP contribution is -2.22. The predicted octanol–water partition coefficient (Wildman–Crippen LogP) is 3.68. The number of nitrogens with one attached hydrogen (secondary N) is 1. The van der Waals surface area contributed by atoms with E-state index in [1.54, 1.807) is 7.11 Å². The molecule has 114 valence electrons. The Hall–Kier alpha value is -1.22. The van der Waals surface area contributed by atoms with Crippen LogP contribution in [-0.2, 0) is 6.54 Å². The lowest BCUT2D eigenvalue weighted by atomic mass is 10.1. The first-order valence-corrected chi connectivity index (χ1v) is 7.74. The highest BCUT2D eigenvalue weighted by molar-refractivity contribution is 5.59. The zero-order valence-corrected chi connectivity index (χ0v) is 13.7. The van der Waals surface area contributed by atoms with Crippen LogP contribution in [0, 0.1) is 5.92 Å². The van der Waals surface area contributed by atoms with Crippen LogP contribution in [0.15, 0.2) is 18.2 Å². The number of ether oxygens (including phenoxy) is 1. The molecule has 0 saturated carbocycles. The number of hydrogen-bond donors (Lipinski definition) is 1. The summed E-state index contributed by atoms with van der Waals surface area (Å²) < 4.78 is 5.55. The molecule has 0 radical (unpaired) electrons. The summed E-state index contributed by atoms with van der Waals surface area (Å²) in [7, 11) is 1.75. The van der Waals surface area contributed by atoms with Gasteiger partial charge in [-0.15, -0.1) is 0 Å². The number of rotatable bonds is 9. The molecule has 20 heavy (non-hydrogen) atoms. The van der Waals surface area contributed by atoms with Gasteiger partial charge in [-0.25, -0.2) is 0 Å². The first-order chi connectivity index (χ1) is 9.62. The van der Waals surface area contributed by atoms with Crippen LogP contribution in [0.3, 0.4) is 0 Å². The molecule has 0 bridgehead atoms. The molecule has 3 heteroatoms. The highest BCUT2D eigenvalue weighted by Crippen LogP contribution is 2.29. The minimum absolute atomic E-state index is 0.752. The summed E-state index contributed by atoms with van der Waals surface area (Å²) >= 11 is 0. The summed E-state index contributed by atoms with van der Waals surface area (Å²) in [5.74, 6) is 1.72. The van der Waals surface area contributed by atoms with Crippen molar-refractivity contribution >= 4 is 5.69 Å². The lowest BCUT2D eigenvalue weighted by molar-refractivity contribution is 0.413. The van der Waals surface area contributed by atoms with E-state index in [9.17, 15) is 0 Å². The van der Waals surface area contributed by atoms with Crippen LogP contribution in [0.5, 0.6) is 5.75 Å². The van der Waals surface area contributed by atoms with Gasteiger partial charge in [0.25, 0.3) is 0 Å². The summed E-state index contributed by atoms with van der Waals surface area (Å²) in [6, 6.07) is 6.51. The van der Waals surface area contributed by atoms with Crippen LogP contribution in [0.4, 0.5) is 5.69 Å². The topological polar surface area (TPSA) is 24.5 Å². The third kappa shape index (κ3) is 5.04. The van der Waals surface area contributed by atoms with Crippen LogP contribution in [-0.4, -0.2) is 26.7 Å². The molecule has 0 aliphatic carbocycles. The molecule has 0 unspecified atom stereocenters. The molecule has 0 fully saturated rings. The van der Waals surface area contributed by atoms with Crippen molar-refractivity contribution in [2.75, 3.05) is 31.6 Å². The van der Waals surface area contributed by atoms with Gasteiger partial charge in [-0.1, -0.05) is 19.9 Å². The van der Waals surface area contributed by atoms with E-state index in [1.165, 1.54) is 17.7 Å². The van der Waals surface area contributed by atoms with Crippen molar-refractivity contribution in [2.24, 2.45) is 5.92 Å². The SMILES string of the molecule is CCN(CC)c1ccc(CNCCC(C)C)cc1OC. The van der Waals surface area contributed by atoms with Gasteiger partial charge in [0.15, 0.2) is 0 Å². The van der Waals surface area contributed by atoms with E-state index in [2.05, 4.69) is 56.1 Å². The summed E-state index contributed by atoms with van der Waals surface area (Å²) in [5, 5.41) is 3.49. The first-order valence-electron chi connectivity index (χ1n) is 7.74. The first kappa shape index (κ1) is 16.8. The largest absolute Gasteiger partial charge is 0.495 e. The Labute approximate surface area is 124 Å². The minimum atomic E-state index is 0.752. The second-order valence-electron chi connectivity index (χ2n) is 5.54. The highest BCUT2D eigenvalue weighted by atomic mass is 16.5. The summed E-state index contributed by atoms with van der Waals surface area (Å²) in [6.45, 7) is 12.8. The smallest absolute Gasteiger partial charge is 0.142 e. The van der Waals surface area contributed by atoms with E-state index in [4.69, 9.17) is 4.74 Å². The van der Waals surface area contributed by atoms with Crippen molar-refractivity contribution in [3.63, 3.8) is 0 Å². The third-order valence-corrected chi connectivity index (χ3v) is 3.58. The highest BCUT2D eigenvalue weighted by Gasteiger charge is 2.09. The second kappa shape index (κ2) is 8.85. The van der Waals surface area contributed by atoms with Gasteiger partial charge in [-0.2, -0.15) is 0 Å². The molecule has 0 heterocycles. The van der Waals surface area contributed by atoms with Crippen LogP contribution < -0.4 is 15.0 Å². The van der Waals surface area contributed by atoms with Gasteiger partial charge in [-0.3, -0.25) is 0 Å². The molecule has 3 nitrogen and oxygen atoms in total. The maximum absolute atomic E-state index is 5.55.